The maximum atomic E-state index is 13.6. The number of aromatic amines is 1. The average molecular weight is 321 g/mol. The first-order valence-corrected chi connectivity index (χ1v) is 7.25. The zero-order chi connectivity index (χ0) is 14.6. The van der Waals surface area contributed by atoms with E-state index >= 15 is 0 Å². The van der Waals surface area contributed by atoms with Crippen molar-refractivity contribution in [1.82, 2.24) is 9.55 Å². The lowest BCUT2D eigenvalue weighted by molar-refractivity contribution is 0.318. The number of nitrogens with zero attached hydrogens (tertiary/aromatic N) is 1. The third-order valence-corrected chi connectivity index (χ3v) is 4.33. The minimum Gasteiger partial charge on any atom is -0.491 e. The van der Waals surface area contributed by atoms with Crippen LogP contribution in [0.15, 0.2) is 36.4 Å². The van der Waals surface area contributed by atoms with Crippen molar-refractivity contribution in [3.63, 3.8) is 0 Å². The molecule has 0 spiro atoms. The van der Waals surface area contributed by atoms with E-state index in [1.807, 2.05) is 28.8 Å². The summed E-state index contributed by atoms with van der Waals surface area (Å²) in [5.41, 5.74) is 2.47. The van der Waals surface area contributed by atoms with Crippen LogP contribution in [0.2, 0.25) is 5.02 Å². The van der Waals surface area contributed by atoms with Gasteiger partial charge in [0.2, 0.25) is 0 Å². The van der Waals surface area contributed by atoms with E-state index in [0.29, 0.717) is 16.9 Å². The number of aromatic nitrogens is 2. The van der Waals surface area contributed by atoms with Gasteiger partial charge in [-0.05, 0) is 24.4 Å². The second-order valence-electron chi connectivity index (χ2n) is 4.95. The molecule has 106 valence electrons. The highest BCUT2D eigenvalue weighted by molar-refractivity contribution is 7.71. The number of benzene rings is 2. The number of halogens is 2. The lowest BCUT2D eigenvalue weighted by atomic mass is 10.1. The van der Waals surface area contributed by atoms with Crippen LogP contribution in [-0.4, -0.2) is 16.2 Å². The highest BCUT2D eigenvalue weighted by Crippen LogP contribution is 2.37. The summed E-state index contributed by atoms with van der Waals surface area (Å²) in [5.74, 6) is 0.391. The fourth-order valence-corrected chi connectivity index (χ4v) is 3.28. The molecule has 1 atom stereocenters. The van der Waals surface area contributed by atoms with Crippen molar-refractivity contribution in [1.29, 1.82) is 0 Å². The Bertz CT molecular complexity index is 918. The number of imidazole rings is 1. The Kier molecular flexibility index (Phi) is 2.80. The van der Waals surface area contributed by atoms with Crippen LogP contribution in [0.5, 0.6) is 5.75 Å². The van der Waals surface area contributed by atoms with Gasteiger partial charge in [0.25, 0.3) is 0 Å². The minimum atomic E-state index is -0.462. The van der Waals surface area contributed by atoms with Crippen molar-refractivity contribution in [3.8, 4) is 5.75 Å². The summed E-state index contributed by atoms with van der Waals surface area (Å²) < 4.78 is 21.7. The number of ether oxygens (including phenoxy) is 1. The second kappa shape index (κ2) is 4.58. The molecule has 3 aromatic rings. The van der Waals surface area contributed by atoms with Crippen LogP contribution in [0.1, 0.15) is 11.6 Å². The molecule has 0 aliphatic carbocycles. The molecule has 0 saturated heterocycles. The molecule has 0 amide bonds. The molecular formula is C15H10ClFN2OS. The van der Waals surface area contributed by atoms with Crippen molar-refractivity contribution >= 4 is 34.9 Å². The standard InChI is InChI=1S/C15H10ClFN2OS/c16-9-5-12-11(6-10(9)17)18-15(21)19(12)13-7-20-14-4-2-1-3-8(13)14/h1-6,13H,7H2,(H,18,21). The SMILES string of the molecule is Fc1cc2[nH]c(=S)n(C3COc4ccccc43)c2cc1Cl. The zero-order valence-corrected chi connectivity index (χ0v) is 12.3. The van der Waals surface area contributed by atoms with E-state index in [2.05, 4.69) is 4.98 Å². The molecule has 21 heavy (non-hydrogen) atoms. The topological polar surface area (TPSA) is 29.9 Å². The number of rotatable bonds is 1. The summed E-state index contributed by atoms with van der Waals surface area (Å²) in [6.07, 6.45) is 0. The van der Waals surface area contributed by atoms with E-state index in [1.54, 1.807) is 6.07 Å². The van der Waals surface area contributed by atoms with Crippen LogP contribution < -0.4 is 4.74 Å². The average Bonchev–Trinajstić information content (AvgIpc) is 3.00. The molecule has 0 fully saturated rings. The smallest absolute Gasteiger partial charge is 0.178 e. The first-order valence-electron chi connectivity index (χ1n) is 6.46. The monoisotopic (exact) mass is 320 g/mol. The van der Waals surface area contributed by atoms with Crippen molar-refractivity contribution in [2.45, 2.75) is 6.04 Å². The van der Waals surface area contributed by atoms with Gasteiger partial charge in [-0.1, -0.05) is 29.8 Å². The molecule has 1 unspecified atom stereocenters. The van der Waals surface area contributed by atoms with Gasteiger partial charge in [-0.3, -0.25) is 0 Å². The van der Waals surface area contributed by atoms with Gasteiger partial charge in [0, 0.05) is 11.6 Å². The van der Waals surface area contributed by atoms with Crippen LogP contribution >= 0.6 is 23.8 Å². The molecule has 1 aliphatic heterocycles. The van der Waals surface area contributed by atoms with E-state index in [4.69, 9.17) is 28.6 Å². The maximum absolute atomic E-state index is 13.6. The Balaban J connectivity index is 1.98. The van der Waals surface area contributed by atoms with E-state index in [-0.39, 0.29) is 11.1 Å². The molecule has 1 N–H and O–H groups in total. The molecule has 0 bridgehead atoms. The first kappa shape index (κ1) is 12.9. The second-order valence-corrected chi connectivity index (χ2v) is 5.74. The summed E-state index contributed by atoms with van der Waals surface area (Å²) in [6.45, 7) is 0.496. The molecule has 0 saturated carbocycles. The summed E-state index contributed by atoms with van der Waals surface area (Å²) in [7, 11) is 0. The van der Waals surface area contributed by atoms with Crippen molar-refractivity contribution in [3.05, 3.63) is 57.6 Å². The van der Waals surface area contributed by atoms with Gasteiger partial charge in [-0.2, -0.15) is 0 Å². The molecule has 2 aromatic carbocycles. The molecule has 1 aliphatic rings. The molecular weight excluding hydrogens is 311 g/mol. The number of nitrogens with one attached hydrogen (secondary N) is 1. The first-order chi connectivity index (χ1) is 10.1. The number of para-hydroxylation sites is 1. The van der Waals surface area contributed by atoms with Crippen LogP contribution in [0.3, 0.4) is 0 Å². The van der Waals surface area contributed by atoms with Gasteiger partial charge < -0.3 is 14.3 Å². The Morgan fingerprint density at radius 3 is 3.00 bits per heavy atom. The van der Waals surface area contributed by atoms with Crippen molar-refractivity contribution < 1.29 is 9.13 Å². The van der Waals surface area contributed by atoms with Gasteiger partial charge in [0.15, 0.2) is 4.77 Å². The zero-order valence-electron chi connectivity index (χ0n) is 10.8. The third-order valence-electron chi connectivity index (χ3n) is 3.74. The van der Waals surface area contributed by atoms with E-state index in [9.17, 15) is 4.39 Å². The number of H-pyrrole nitrogens is 1. The summed E-state index contributed by atoms with van der Waals surface area (Å²) in [5, 5.41) is 0.0810. The van der Waals surface area contributed by atoms with Crippen LogP contribution in [0, 0.1) is 10.6 Å². The Morgan fingerprint density at radius 2 is 2.14 bits per heavy atom. The Labute approximate surface area is 129 Å². The fourth-order valence-electron chi connectivity index (χ4n) is 2.79. The van der Waals surface area contributed by atoms with E-state index in [1.165, 1.54) is 6.07 Å². The minimum absolute atomic E-state index is 0.0380. The van der Waals surface area contributed by atoms with Gasteiger partial charge in [0.1, 0.15) is 18.2 Å². The van der Waals surface area contributed by atoms with Crippen molar-refractivity contribution in [2.24, 2.45) is 0 Å². The molecule has 6 heteroatoms. The maximum Gasteiger partial charge on any atom is 0.178 e. The highest BCUT2D eigenvalue weighted by Gasteiger charge is 2.27. The highest BCUT2D eigenvalue weighted by atomic mass is 35.5. The third kappa shape index (κ3) is 1.88. The predicted octanol–water partition coefficient (Wildman–Crippen LogP) is 4.47. The van der Waals surface area contributed by atoms with Gasteiger partial charge >= 0.3 is 0 Å². The van der Waals surface area contributed by atoms with Crippen LogP contribution in [0.25, 0.3) is 11.0 Å². The fraction of sp³-hybridized carbons (Fsp3) is 0.133. The normalized spacial score (nSPS) is 17.0. The largest absolute Gasteiger partial charge is 0.491 e. The van der Waals surface area contributed by atoms with Crippen LogP contribution in [0.4, 0.5) is 4.39 Å². The lowest BCUT2D eigenvalue weighted by Gasteiger charge is -2.12. The lowest BCUT2D eigenvalue weighted by Crippen LogP contribution is -2.12. The molecule has 4 rings (SSSR count). The molecule has 3 nitrogen and oxygen atoms in total. The Hall–Kier alpha value is -1.85. The van der Waals surface area contributed by atoms with E-state index in [0.717, 1.165) is 16.8 Å². The quantitative estimate of drug-likeness (QED) is 0.670. The van der Waals surface area contributed by atoms with Crippen LogP contribution in [-0.2, 0) is 0 Å². The summed E-state index contributed by atoms with van der Waals surface area (Å²) in [6, 6.07) is 10.8. The Morgan fingerprint density at radius 1 is 1.33 bits per heavy atom. The van der Waals surface area contributed by atoms with Gasteiger partial charge in [0.05, 0.1) is 22.1 Å². The number of hydrogen-bond donors (Lipinski definition) is 1. The molecule has 1 aromatic heterocycles. The summed E-state index contributed by atoms with van der Waals surface area (Å²) >= 11 is 11.3. The summed E-state index contributed by atoms with van der Waals surface area (Å²) in [4.78, 5) is 3.03. The van der Waals surface area contributed by atoms with Crippen molar-refractivity contribution in [2.75, 3.05) is 6.61 Å². The van der Waals surface area contributed by atoms with E-state index < -0.39 is 5.82 Å². The predicted molar refractivity (Wildman–Crippen MR) is 82.2 cm³/mol. The molecule has 2 heterocycles. The number of hydrogen-bond acceptors (Lipinski definition) is 2. The number of fused-ring (bicyclic) bond motifs is 2. The van der Waals surface area contributed by atoms with Gasteiger partial charge in [-0.15, -0.1) is 0 Å². The molecule has 0 radical (unpaired) electrons. The van der Waals surface area contributed by atoms with Gasteiger partial charge in [-0.25, -0.2) is 4.39 Å².